The van der Waals surface area contributed by atoms with E-state index in [0.29, 0.717) is 102 Å². The van der Waals surface area contributed by atoms with Crippen molar-refractivity contribution in [2.45, 2.75) is 99.7 Å². The number of oxime groups is 2. The molecule has 0 atom stereocenters. The number of ketones is 1. The van der Waals surface area contributed by atoms with Crippen molar-refractivity contribution in [2.24, 2.45) is 28.1 Å². The van der Waals surface area contributed by atoms with E-state index < -0.39 is 0 Å². The van der Waals surface area contributed by atoms with E-state index in [-0.39, 0.29) is 28.6 Å². The first-order valence-electron chi connectivity index (χ1n) is 25.9. The maximum absolute atomic E-state index is 12.7. The fourth-order valence-corrected chi connectivity index (χ4v) is 8.68. The number of aromatic nitrogens is 3. The molecule has 3 aromatic heterocycles. The second kappa shape index (κ2) is 26.1. The van der Waals surface area contributed by atoms with Gasteiger partial charge in [-0.2, -0.15) is 0 Å². The first-order valence-corrected chi connectivity index (χ1v) is 25.9. The van der Waals surface area contributed by atoms with Crippen LogP contribution < -0.4 is 44.7 Å². The van der Waals surface area contributed by atoms with Crippen LogP contribution in [0.2, 0.25) is 0 Å². The van der Waals surface area contributed by atoms with Gasteiger partial charge in [0.15, 0.2) is 56.6 Å². The van der Waals surface area contributed by atoms with Crippen molar-refractivity contribution in [1.29, 1.82) is 0 Å². The highest BCUT2D eigenvalue weighted by molar-refractivity contribution is 6.01. The maximum atomic E-state index is 12.7. The third-order valence-corrected chi connectivity index (χ3v) is 13.8. The van der Waals surface area contributed by atoms with E-state index in [0.717, 1.165) is 45.3 Å². The van der Waals surface area contributed by atoms with Crippen LogP contribution >= 0.6 is 0 Å². The highest BCUT2D eigenvalue weighted by atomic mass is 16.5. The minimum absolute atomic E-state index is 0.0288. The Morgan fingerprint density at radius 3 is 0.974 bits per heavy atom. The van der Waals surface area contributed by atoms with Crippen LogP contribution in [0.3, 0.4) is 0 Å². The molecule has 3 saturated carbocycles. The SMILES string of the molecule is COc1ccc(/C(Cn2c(C)cc(=O)cc2C)=N/O)cc1OCC1CC1.COc1ccc(/C(Cn2c(C)cc(=O)cc2C)=N\O)cc1OCC1CC1.COc1ccc(C(=O)Cn2c(C)cc(=O)cc2C)cc1OCC1CC1. The number of aryl methyl sites for hydroxylation is 6. The minimum atomic E-state index is -0.0427. The molecule has 3 aliphatic rings. The zero-order valence-electron chi connectivity index (χ0n) is 45.6. The van der Waals surface area contributed by atoms with E-state index in [1.807, 2.05) is 91.6 Å². The highest BCUT2D eigenvalue weighted by Crippen LogP contribution is 2.36. The number of carbonyl (C=O) groups excluding carboxylic acids is 1. The summed E-state index contributed by atoms with van der Waals surface area (Å²) in [6.07, 6.45) is 7.22. The molecule has 3 aromatic carbocycles. The Labute approximate surface area is 448 Å². The van der Waals surface area contributed by atoms with Crippen LogP contribution in [-0.2, 0) is 19.6 Å². The molecule has 0 amide bonds. The van der Waals surface area contributed by atoms with Crippen LogP contribution in [0, 0.1) is 59.3 Å². The lowest BCUT2D eigenvalue weighted by molar-refractivity contribution is 0.0969. The number of benzene rings is 3. The number of hydrogen-bond donors (Lipinski definition) is 2. The van der Waals surface area contributed by atoms with E-state index >= 15 is 0 Å². The number of nitrogens with zero attached hydrogens (tertiary/aromatic N) is 5. The molecule has 3 heterocycles. The normalized spacial score (nSPS) is 14.1. The van der Waals surface area contributed by atoms with E-state index in [4.69, 9.17) is 28.4 Å². The lowest BCUT2D eigenvalue weighted by atomic mass is 10.1. The van der Waals surface area contributed by atoms with Crippen LogP contribution in [0.15, 0.2) is 116 Å². The van der Waals surface area contributed by atoms with Crippen LogP contribution in [0.1, 0.15) is 94.2 Å². The smallest absolute Gasteiger partial charge is 0.182 e. The summed E-state index contributed by atoms with van der Waals surface area (Å²) in [5, 5.41) is 26.1. The Hall–Kier alpha value is -8.08. The molecule has 3 aliphatic carbocycles. The number of methoxy groups -OCH3 is 3. The van der Waals surface area contributed by atoms with Crippen molar-refractivity contribution in [3.63, 3.8) is 0 Å². The third kappa shape index (κ3) is 15.7. The molecule has 408 valence electrons. The molecule has 0 bridgehead atoms. The second-order valence-corrected chi connectivity index (χ2v) is 20.1. The summed E-state index contributed by atoms with van der Waals surface area (Å²) < 4.78 is 39.4. The molecule has 3 fully saturated rings. The Morgan fingerprint density at radius 1 is 0.429 bits per heavy atom. The topological polar surface area (TPSA) is 204 Å². The summed E-state index contributed by atoms with van der Waals surface area (Å²) in [4.78, 5) is 47.5. The first kappa shape index (κ1) is 56.6. The van der Waals surface area contributed by atoms with Crippen molar-refractivity contribution in [1.82, 2.24) is 13.7 Å². The Bertz CT molecular complexity index is 3080. The first-order chi connectivity index (χ1) is 37.0. The Kier molecular flexibility index (Phi) is 19.2. The number of carbonyl (C=O) groups is 1. The van der Waals surface area contributed by atoms with Crippen molar-refractivity contribution >= 4 is 17.2 Å². The summed E-state index contributed by atoms with van der Waals surface area (Å²) in [5.74, 6) is 5.68. The van der Waals surface area contributed by atoms with Gasteiger partial charge in [0.2, 0.25) is 0 Å². The van der Waals surface area contributed by atoms with Crippen molar-refractivity contribution in [2.75, 3.05) is 41.2 Å². The average molecular weight is 1050 g/mol. The van der Waals surface area contributed by atoms with Gasteiger partial charge in [-0.15, -0.1) is 0 Å². The summed E-state index contributed by atoms with van der Waals surface area (Å²) in [6.45, 7) is 14.0. The van der Waals surface area contributed by atoms with Crippen molar-refractivity contribution in [3.05, 3.63) is 173 Å². The number of pyridine rings is 3. The predicted molar refractivity (Wildman–Crippen MR) is 295 cm³/mol. The molecule has 77 heavy (non-hydrogen) atoms. The lowest BCUT2D eigenvalue weighted by Crippen LogP contribution is -2.19. The molecule has 17 nitrogen and oxygen atoms in total. The highest BCUT2D eigenvalue weighted by Gasteiger charge is 2.25. The monoisotopic (exact) mass is 1050 g/mol. The molecule has 0 radical (unpaired) electrons. The third-order valence-electron chi connectivity index (χ3n) is 13.8. The van der Waals surface area contributed by atoms with Crippen molar-refractivity contribution in [3.8, 4) is 34.5 Å². The van der Waals surface area contributed by atoms with Gasteiger partial charge in [-0.3, -0.25) is 19.2 Å². The molecular weight excluding hydrogens is 983 g/mol. The number of Topliss-reactive ketones (excluding diaryl/α,β-unsaturated/α-hetero) is 1. The fourth-order valence-electron chi connectivity index (χ4n) is 8.68. The molecule has 0 spiro atoms. The number of rotatable bonds is 21. The standard InChI is InChI=1S/2C20H24N2O4.C20H23NO4/c2*1-13-8-17(23)9-14(2)22(13)11-18(21-24)16-6-7-19(25-3)20(10-16)26-12-15-4-5-15;1-13-8-17(22)9-14(2)21(13)11-18(23)16-6-7-19(24-3)20(10-16)25-12-15-4-5-15/h2*6-10,15,24H,4-5,11-12H2,1-3H3;6-10,15H,4-5,11-12H2,1-3H3/b21-18+;21-18-;. The molecule has 17 heteroatoms. The maximum Gasteiger partial charge on any atom is 0.182 e. The van der Waals surface area contributed by atoms with E-state index in [9.17, 15) is 29.6 Å². The molecule has 0 saturated heterocycles. The largest absolute Gasteiger partial charge is 0.493 e. The molecule has 0 unspecified atom stereocenters. The van der Waals surface area contributed by atoms with E-state index in [1.54, 1.807) is 75.9 Å². The molecule has 2 N–H and O–H groups in total. The van der Waals surface area contributed by atoms with Gasteiger partial charge in [0.25, 0.3) is 0 Å². The zero-order valence-corrected chi connectivity index (χ0v) is 45.6. The van der Waals surface area contributed by atoms with Crippen LogP contribution in [0.25, 0.3) is 0 Å². The molecule has 0 aliphatic heterocycles. The summed E-state index contributed by atoms with van der Waals surface area (Å²) in [6, 6.07) is 25.6. The lowest BCUT2D eigenvalue weighted by Gasteiger charge is -2.16. The van der Waals surface area contributed by atoms with Gasteiger partial charge >= 0.3 is 0 Å². The zero-order chi connectivity index (χ0) is 55.3. The van der Waals surface area contributed by atoms with Gasteiger partial charge in [0, 0.05) is 87.3 Å². The van der Waals surface area contributed by atoms with Crippen molar-refractivity contribution < 1.29 is 43.6 Å². The summed E-state index contributed by atoms with van der Waals surface area (Å²) in [7, 11) is 4.80. The van der Waals surface area contributed by atoms with Crippen LogP contribution in [-0.4, -0.2) is 82.5 Å². The van der Waals surface area contributed by atoms with Gasteiger partial charge in [-0.05, 0) is 152 Å². The van der Waals surface area contributed by atoms with Gasteiger partial charge in [-0.25, -0.2) is 0 Å². The summed E-state index contributed by atoms with van der Waals surface area (Å²) >= 11 is 0. The van der Waals surface area contributed by atoms with E-state index in [2.05, 4.69) is 10.3 Å². The van der Waals surface area contributed by atoms with E-state index in [1.165, 1.54) is 38.5 Å². The second-order valence-electron chi connectivity index (χ2n) is 20.1. The molecule has 6 aromatic rings. The van der Waals surface area contributed by atoms with Crippen LogP contribution in [0.5, 0.6) is 34.5 Å². The minimum Gasteiger partial charge on any atom is -0.493 e. The molecule has 9 rings (SSSR count). The average Bonchev–Trinajstić information content (AvgIpc) is 4.25. The number of hydrogen-bond acceptors (Lipinski definition) is 14. The van der Waals surface area contributed by atoms with Gasteiger partial charge in [0.05, 0.1) is 60.8 Å². The number of ether oxygens (including phenoxy) is 6. The van der Waals surface area contributed by atoms with Gasteiger partial charge in [-0.1, -0.05) is 10.3 Å². The van der Waals surface area contributed by atoms with Crippen LogP contribution in [0.4, 0.5) is 0 Å². The Morgan fingerprint density at radius 2 is 0.701 bits per heavy atom. The summed E-state index contributed by atoms with van der Waals surface area (Å²) in [5.41, 5.74) is 7.75. The van der Waals surface area contributed by atoms with Gasteiger partial charge in [0.1, 0.15) is 11.4 Å². The van der Waals surface area contributed by atoms with Gasteiger partial charge < -0.3 is 52.5 Å². The molecular formula is C60H71N5O12. The quantitative estimate of drug-likeness (QED) is 0.0300. The fraction of sp³-hybridized carbons (Fsp3) is 0.400. The predicted octanol–water partition coefficient (Wildman–Crippen LogP) is 9.43. The Balaban J connectivity index is 0.000000168.